The van der Waals surface area contributed by atoms with Gasteiger partial charge in [0, 0.05) is 39.3 Å². The highest BCUT2D eigenvalue weighted by Crippen LogP contribution is 2.52. The predicted molar refractivity (Wildman–Crippen MR) is 145 cm³/mol. The third-order valence-corrected chi connectivity index (χ3v) is 9.11. The van der Waals surface area contributed by atoms with Crippen LogP contribution in [0.4, 0.5) is 21.8 Å². The number of amides is 1. The Morgan fingerprint density at radius 1 is 1.08 bits per heavy atom. The van der Waals surface area contributed by atoms with Crippen LogP contribution in [-0.2, 0) is 16.6 Å². The molecule has 10 heteroatoms. The number of carbonyl (C=O) groups excluding carboxylic acids is 1. The quantitative estimate of drug-likeness (QED) is 0.658. The van der Waals surface area contributed by atoms with Gasteiger partial charge in [0.1, 0.15) is 17.4 Å². The van der Waals surface area contributed by atoms with Crippen LogP contribution < -0.4 is 25.0 Å². The normalized spacial score (nSPS) is 21.7. The van der Waals surface area contributed by atoms with Gasteiger partial charge in [-0.25, -0.2) is 4.39 Å². The molecule has 5 heterocycles. The van der Waals surface area contributed by atoms with E-state index < -0.39 is 5.41 Å². The Morgan fingerprint density at radius 2 is 1.82 bits per heavy atom. The molecule has 4 aliphatic rings. The summed E-state index contributed by atoms with van der Waals surface area (Å²) in [6.07, 6.45) is 4.69. The van der Waals surface area contributed by atoms with E-state index >= 15 is 4.39 Å². The van der Waals surface area contributed by atoms with E-state index in [0.717, 1.165) is 56.7 Å². The summed E-state index contributed by atoms with van der Waals surface area (Å²) in [5, 5.41) is 0. The van der Waals surface area contributed by atoms with Crippen molar-refractivity contribution in [3.63, 3.8) is 0 Å². The van der Waals surface area contributed by atoms with Gasteiger partial charge in [0.2, 0.25) is 11.9 Å². The lowest BCUT2D eigenvalue weighted by Gasteiger charge is -2.39. The van der Waals surface area contributed by atoms with Gasteiger partial charge >= 0.3 is 0 Å². The fourth-order valence-corrected chi connectivity index (χ4v) is 6.75. The Morgan fingerprint density at radius 3 is 2.55 bits per heavy atom. The monoisotopic (exact) mass is 524 g/mol. The first-order valence-corrected chi connectivity index (χ1v) is 13.8. The number of H-pyrrole nitrogens is 1. The van der Waals surface area contributed by atoms with Crippen LogP contribution >= 0.6 is 0 Å². The molecule has 38 heavy (non-hydrogen) atoms. The Balaban J connectivity index is 1.24. The second-order valence-corrected chi connectivity index (χ2v) is 11.5. The molecule has 0 radical (unpaired) electrons. The molecule has 2 aromatic rings. The number of aromatic amines is 1. The van der Waals surface area contributed by atoms with E-state index in [9.17, 15) is 9.59 Å². The molecule has 6 rings (SSSR count). The average Bonchev–Trinajstić information content (AvgIpc) is 3.13. The van der Waals surface area contributed by atoms with Crippen molar-refractivity contribution >= 4 is 23.4 Å². The van der Waals surface area contributed by atoms with Crippen LogP contribution in [0.1, 0.15) is 43.2 Å². The van der Waals surface area contributed by atoms with Gasteiger partial charge < -0.3 is 24.3 Å². The molecular weight excluding hydrogens is 487 g/mol. The third-order valence-electron chi connectivity index (χ3n) is 9.11. The van der Waals surface area contributed by atoms with Crippen LogP contribution in [0.3, 0.4) is 0 Å². The Kier molecular flexibility index (Phi) is 6.32. The van der Waals surface area contributed by atoms with E-state index in [2.05, 4.69) is 16.9 Å². The molecule has 1 spiro atoms. The summed E-state index contributed by atoms with van der Waals surface area (Å²) < 4.78 is 21.7. The van der Waals surface area contributed by atoms with E-state index in [1.54, 1.807) is 18.0 Å². The molecule has 1 amide bonds. The Hall–Kier alpha value is -3.14. The first-order valence-electron chi connectivity index (χ1n) is 13.8. The number of ether oxygens (including phenoxy) is 1. The lowest BCUT2D eigenvalue weighted by molar-refractivity contribution is -0.123. The maximum Gasteiger partial charge on any atom is 0.257 e. The van der Waals surface area contributed by atoms with Crippen molar-refractivity contribution in [1.29, 1.82) is 0 Å². The number of fused-ring (bicyclic) bond motifs is 3. The minimum atomic E-state index is -0.942. The zero-order valence-electron chi connectivity index (χ0n) is 22.6. The highest BCUT2D eigenvalue weighted by atomic mass is 19.1. The highest BCUT2D eigenvalue weighted by Gasteiger charge is 2.54. The number of rotatable bonds is 4. The molecule has 0 aliphatic carbocycles. The first kappa shape index (κ1) is 25.2. The lowest BCUT2D eigenvalue weighted by Crippen LogP contribution is -2.49. The van der Waals surface area contributed by atoms with Gasteiger partial charge in [0.25, 0.3) is 5.56 Å². The third kappa shape index (κ3) is 4.04. The molecule has 0 saturated carbocycles. The van der Waals surface area contributed by atoms with Crippen LogP contribution in [0.5, 0.6) is 5.75 Å². The highest BCUT2D eigenvalue weighted by molar-refractivity contribution is 6.09. The molecule has 1 N–H and O–H groups in total. The number of likely N-dealkylation sites (tertiary alicyclic amines) is 1. The number of carbonyl (C=O) groups is 1. The number of aromatic nitrogens is 2. The zero-order valence-corrected chi connectivity index (χ0v) is 22.6. The molecule has 9 nitrogen and oxygen atoms in total. The maximum atomic E-state index is 15.5. The molecule has 0 atom stereocenters. The van der Waals surface area contributed by atoms with Crippen LogP contribution in [0.15, 0.2) is 16.9 Å². The molecule has 4 aliphatic heterocycles. The second kappa shape index (κ2) is 9.55. The fourth-order valence-electron chi connectivity index (χ4n) is 6.75. The number of nitrogens with one attached hydrogen (secondary N) is 1. The SMILES string of the molecule is CN1CCC(COc2ccc(F)c3c2N(C)C(=O)C32CCN(c3nc4c(c(=O)[nH]3)CCCN4C)CC2)CC1. The Bertz CT molecular complexity index is 1300. The van der Waals surface area contributed by atoms with E-state index in [0.29, 0.717) is 61.4 Å². The summed E-state index contributed by atoms with van der Waals surface area (Å²) in [6.45, 7) is 4.52. The summed E-state index contributed by atoms with van der Waals surface area (Å²) >= 11 is 0. The van der Waals surface area contributed by atoms with Gasteiger partial charge in [-0.15, -0.1) is 0 Å². The summed E-state index contributed by atoms with van der Waals surface area (Å²) in [7, 11) is 5.81. The minimum Gasteiger partial charge on any atom is -0.491 e. The van der Waals surface area contributed by atoms with E-state index in [1.165, 1.54) is 6.07 Å². The molecule has 0 unspecified atom stereocenters. The predicted octanol–water partition coefficient (Wildman–Crippen LogP) is 2.53. The molecule has 0 bridgehead atoms. The van der Waals surface area contributed by atoms with Crippen molar-refractivity contribution in [3.8, 4) is 5.75 Å². The second-order valence-electron chi connectivity index (χ2n) is 11.5. The largest absolute Gasteiger partial charge is 0.491 e. The fraction of sp³-hybridized carbons (Fsp3) is 0.607. The van der Waals surface area contributed by atoms with Gasteiger partial charge in [-0.1, -0.05) is 0 Å². The van der Waals surface area contributed by atoms with Crippen LogP contribution in [0, 0.1) is 11.7 Å². The van der Waals surface area contributed by atoms with Crippen molar-refractivity contribution < 1.29 is 13.9 Å². The number of nitrogens with zero attached hydrogens (tertiary/aromatic N) is 5. The number of likely N-dealkylation sites (N-methyl/N-ethyl adjacent to an activating group) is 1. The molecule has 1 aromatic carbocycles. The number of halogens is 1. The van der Waals surface area contributed by atoms with Crippen LogP contribution in [-0.4, -0.2) is 81.2 Å². The van der Waals surface area contributed by atoms with Crippen LogP contribution in [0.2, 0.25) is 0 Å². The van der Waals surface area contributed by atoms with Gasteiger partial charge in [0.15, 0.2) is 0 Å². The minimum absolute atomic E-state index is 0.0898. The van der Waals surface area contributed by atoms with E-state index in [1.807, 2.05) is 16.8 Å². The molecule has 204 valence electrons. The maximum absolute atomic E-state index is 15.5. The number of hydrogen-bond donors (Lipinski definition) is 1. The van der Waals surface area contributed by atoms with Crippen molar-refractivity contribution in [2.45, 2.75) is 43.9 Å². The molecule has 1 aromatic heterocycles. The average molecular weight is 525 g/mol. The lowest BCUT2D eigenvalue weighted by atomic mass is 9.73. The first-order chi connectivity index (χ1) is 18.3. The topological polar surface area (TPSA) is 85.0 Å². The number of hydrogen-bond acceptors (Lipinski definition) is 7. The summed E-state index contributed by atoms with van der Waals surface area (Å²) in [4.78, 5) is 42.2. The number of anilines is 3. The summed E-state index contributed by atoms with van der Waals surface area (Å²) in [5.41, 5.74) is 0.710. The number of piperidine rings is 2. The van der Waals surface area contributed by atoms with Gasteiger partial charge in [-0.05, 0) is 76.7 Å². The smallest absolute Gasteiger partial charge is 0.257 e. The van der Waals surface area contributed by atoms with Gasteiger partial charge in [-0.3, -0.25) is 14.6 Å². The summed E-state index contributed by atoms with van der Waals surface area (Å²) in [5.74, 6) is 1.84. The van der Waals surface area contributed by atoms with E-state index in [4.69, 9.17) is 9.72 Å². The standard InChI is InChI=1S/C28H37FN6O3/c1-32-13-8-18(9-14-32)17-38-21-7-6-20(29)22-23(21)34(3)26(37)28(22)10-15-35(16-11-28)27-30-24-19(25(36)31-27)5-4-12-33(24)2/h6-7,18H,4-5,8-17H2,1-3H3,(H,30,31,36). The molecule has 2 saturated heterocycles. The van der Waals surface area contributed by atoms with Crippen LogP contribution in [0.25, 0.3) is 0 Å². The number of benzene rings is 1. The molecular formula is C28H37FN6O3. The van der Waals surface area contributed by atoms with Crippen molar-refractivity contribution in [2.24, 2.45) is 5.92 Å². The Labute approximate surface area is 222 Å². The van der Waals surface area contributed by atoms with E-state index in [-0.39, 0.29) is 17.3 Å². The summed E-state index contributed by atoms with van der Waals surface area (Å²) in [6, 6.07) is 3.11. The van der Waals surface area contributed by atoms with Crippen molar-refractivity contribution in [1.82, 2.24) is 14.9 Å². The zero-order chi connectivity index (χ0) is 26.6. The molecule has 2 fully saturated rings. The van der Waals surface area contributed by atoms with Crippen molar-refractivity contribution in [3.05, 3.63) is 39.4 Å². The van der Waals surface area contributed by atoms with Gasteiger partial charge in [0.05, 0.1) is 23.3 Å². The van der Waals surface area contributed by atoms with Crippen molar-refractivity contribution in [2.75, 3.05) is 75.2 Å². The van der Waals surface area contributed by atoms with Gasteiger partial charge in [-0.2, -0.15) is 4.98 Å².